The molecule has 2 aromatic rings. The van der Waals surface area contributed by atoms with Crippen molar-refractivity contribution in [2.24, 2.45) is 0 Å². The number of rotatable bonds is 6. The van der Waals surface area contributed by atoms with Crippen molar-refractivity contribution in [1.82, 2.24) is 0 Å². The number of halogens is 1. The normalized spacial score (nSPS) is 10.9. The first kappa shape index (κ1) is 18.7. The summed E-state index contributed by atoms with van der Waals surface area (Å²) in [6, 6.07) is 12.0. The van der Waals surface area contributed by atoms with Crippen molar-refractivity contribution < 1.29 is 19.4 Å². The van der Waals surface area contributed by atoms with Gasteiger partial charge in [-0.3, -0.25) is 4.79 Å². The first-order valence-electron chi connectivity index (χ1n) is 7.64. The number of aromatic carboxylic acids is 1. The molecule has 0 spiro atoms. The number of carboxylic acids is 1. The SMILES string of the molecule is CC(C)Oc1cccc(/C=C/C(=O)Nc2ccc(Br)cc2C(=O)O)c1. The number of carboxylic acid groups (broad SMARTS) is 1. The van der Waals surface area contributed by atoms with E-state index in [2.05, 4.69) is 21.2 Å². The van der Waals surface area contributed by atoms with Gasteiger partial charge in [0.15, 0.2) is 0 Å². The van der Waals surface area contributed by atoms with Crippen molar-refractivity contribution in [3.8, 4) is 5.75 Å². The molecule has 2 aromatic carbocycles. The molecule has 25 heavy (non-hydrogen) atoms. The van der Waals surface area contributed by atoms with E-state index in [9.17, 15) is 14.7 Å². The van der Waals surface area contributed by atoms with Gasteiger partial charge in [-0.25, -0.2) is 4.79 Å². The summed E-state index contributed by atoms with van der Waals surface area (Å²) in [5.41, 5.74) is 1.06. The predicted octanol–water partition coefficient (Wildman–Crippen LogP) is 4.59. The van der Waals surface area contributed by atoms with E-state index in [0.717, 1.165) is 11.3 Å². The van der Waals surface area contributed by atoms with Crippen molar-refractivity contribution in [3.05, 3.63) is 64.1 Å². The second kappa shape index (κ2) is 8.48. The molecule has 0 bridgehead atoms. The molecule has 130 valence electrons. The molecule has 2 N–H and O–H groups in total. The standard InChI is InChI=1S/C19H18BrNO4/c1-12(2)25-15-5-3-4-13(10-15)6-9-18(22)21-17-8-7-14(20)11-16(17)19(23)24/h3-12H,1-2H3,(H,21,22)(H,23,24)/b9-6+. The molecule has 6 heteroatoms. The minimum atomic E-state index is -1.11. The quantitative estimate of drug-likeness (QED) is 0.691. The fourth-order valence-corrected chi connectivity index (χ4v) is 2.47. The van der Waals surface area contributed by atoms with Gasteiger partial charge in [0.05, 0.1) is 17.4 Å². The third-order valence-corrected chi connectivity index (χ3v) is 3.62. The maximum Gasteiger partial charge on any atom is 0.337 e. The summed E-state index contributed by atoms with van der Waals surface area (Å²) in [6.07, 6.45) is 3.05. The highest BCUT2D eigenvalue weighted by Crippen LogP contribution is 2.21. The van der Waals surface area contributed by atoms with Crippen LogP contribution in [-0.2, 0) is 4.79 Å². The van der Waals surface area contributed by atoms with Crippen molar-refractivity contribution in [1.29, 1.82) is 0 Å². The molecular weight excluding hydrogens is 386 g/mol. The maximum absolute atomic E-state index is 12.1. The number of ether oxygens (including phenoxy) is 1. The van der Waals surface area contributed by atoms with Gasteiger partial charge in [0, 0.05) is 10.5 Å². The molecule has 5 nitrogen and oxygen atoms in total. The zero-order valence-electron chi connectivity index (χ0n) is 13.8. The van der Waals surface area contributed by atoms with Gasteiger partial charge in [0.2, 0.25) is 5.91 Å². The predicted molar refractivity (Wildman–Crippen MR) is 101 cm³/mol. The molecule has 2 rings (SSSR count). The molecule has 1 amide bonds. The molecule has 0 saturated heterocycles. The van der Waals surface area contributed by atoms with Crippen LogP contribution in [0.1, 0.15) is 29.8 Å². The maximum atomic E-state index is 12.1. The molecule has 0 saturated carbocycles. The van der Waals surface area contributed by atoms with Crippen LogP contribution in [0.25, 0.3) is 6.08 Å². The summed E-state index contributed by atoms with van der Waals surface area (Å²) in [5.74, 6) is -0.808. The molecular formula is C19H18BrNO4. The molecule has 0 aliphatic carbocycles. The summed E-state index contributed by atoms with van der Waals surface area (Å²) >= 11 is 3.21. The van der Waals surface area contributed by atoms with Crippen LogP contribution in [0.15, 0.2) is 53.0 Å². The molecule has 0 fully saturated rings. The summed E-state index contributed by atoms with van der Waals surface area (Å²) in [4.78, 5) is 23.3. The van der Waals surface area contributed by atoms with Crippen molar-refractivity contribution >= 4 is 39.6 Å². The van der Waals surface area contributed by atoms with Crippen molar-refractivity contribution in [3.63, 3.8) is 0 Å². The fourth-order valence-electron chi connectivity index (χ4n) is 2.11. The van der Waals surface area contributed by atoms with Crippen LogP contribution in [0.4, 0.5) is 5.69 Å². The van der Waals surface area contributed by atoms with E-state index < -0.39 is 11.9 Å². The van der Waals surface area contributed by atoms with Gasteiger partial charge in [0.25, 0.3) is 0 Å². The Morgan fingerprint density at radius 1 is 1.20 bits per heavy atom. The molecule has 0 atom stereocenters. The third kappa shape index (κ3) is 5.76. The number of benzene rings is 2. The molecule has 0 aliphatic heterocycles. The van der Waals surface area contributed by atoms with E-state index in [1.54, 1.807) is 12.1 Å². The Morgan fingerprint density at radius 3 is 2.64 bits per heavy atom. The Kier molecular flexibility index (Phi) is 6.36. The van der Waals surface area contributed by atoms with E-state index in [4.69, 9.17) is 4.74 Å². The summed E-state index contributed by atoms with van der Waals surface area (Å²) in [7, 11) is 0. The second-order valence-electron chi connectivity index (χ2n) is 5.56. The first-order chi connectivity index (χ1) is 11.8. The van der Waals surface area contributed by atoms with Crippen LogP contribution in [0.2, 0.25) is 0 Å². The number of hydrogen-bond donors (Lipinski definition) is 2. The first-order valence-corrected chi connectivity index (χ1v) is 8.43. The van der Waals surface area contributed by atoms with Gasteiger partial charge in [-0.05, 0) is 55.8 Å². The number of carbonyl (C=O) groups is 2. The van der Waals surface area contributed by atoms with Gasteiger partial charge in [-0.1, -0.05) is 28.1 Å². The van der Waals surface area contributed by atoms with Crippen LogP contribution in [0.5, 0.6) is 5.75 Å². The van der Waals surface area contributed by atoms with Crippen molar-refractivity contribution in [2.75, 3.05) is 5.32 Å². The lowest BCUT2D eigenvalue weighted by Gasteiger charge is -2.09. The number of nitrogens with one attached hydrogen (secondary N) is 1. The lowest BCUT2D eigenvalue weighted by atomic mass is 10.1. The Morgan fingerprint density at radius 2 is 1.96 bits per heavy atom. The Balaban J connectivity index is 2.10. The number of hydrogen-bond acceptors (Lipinski definition) is 3. The number of amides is 1. The van der Waals surface area contributed by atoms with E-state index in [1.165, 1.54) is 18.2 Å². The lowest BCUT2D eigenvalue weighted by molar-refractivity contribution is -0.111. The molecule has 0 aliphatic rings. The van der Waals surface area contributed by atoms with Gasteiger partial charge in [-0.15, -0.1) is 0 Å². The van der Waals surface area contributed by atoms with Crippen LogP contribution in [-0.4, -0.2) is 23.1 Å². The second-order valence-corrected chi connectivity index (χ2v) is 6.47. The molecule has 0 unspecified atom stereocenters. The minimum absolute atomic E-state index is 0.0171. The molecule has 0 aromatic heterocycles. The summed E-state index contributed by atoms with van der Waals surface area (Å²) in [5, 5.41) is 11.8. The van der Waals surface area contributed by atoms with Crippen LogP contribution in [0, 0.1) is 0 Å². The zero-order valence-corrected chi connectivity index (χ0v) is 15.4. The van der Waals surface area contributed by atoms with E-state index >= 15 is 0 Å². The minimum Gasteiger partial charge on any atom is -0.491 e. The van der Waals surface area contributed by atoms with Gasteiger partial charge in [0.1, 0.15) is 5.75 Å². The van der Waals surface area contributed by atoms with Crippen LogP contribution < -0.4 is 10.1 Å². The average molecular weight is 404 g/mol. The molecule has 0 heterocycles. The van der Waals surface area contributed by atoms with Gasteiger partial charge in [-0.2, -0.15) is 0 Å². The van der Waals surface area contributed by atoms with Crippen LogP contribution in [0.3, 0.4) is 0 Å². The smallest absolute Gasteiger partial charge is 0.337 e. The Labute approximate surface area is 154 Å². The summed E-state index contributed by atoms with van der Waals surface area (Å²) < 4.78 is 6.23. The van der Waals surface area contributed by atoms with E-state index in [-0.39, 0.29) is 17.4 Å². The monoisotopic (exact) mass is 403 g/mol. The van der Waals surface area contributed by atoms with Gasteiger partial charge < -0.3 is 15.2 Å². The fraction of sp³-hybridized carbons (Fsp3) is 0.158. The Bertz CT molecular complexity index is 815. The highest BCUT2D eigenvalue weighted by Gasteiger charge is 2.12. The lowest BCUT2D eigenvalue weighted by Crippen LogP contribution is -2.12. The highest BCUT2D eigenvalue weighted by molar-refractivity contribution is 9.10. The van der Waals surface area contributed by atoms with Gasteiger partial charge >= 0.3 is 5.97 Å². The zero-order chi connectivity index (χ0) is 18.4. The van der Waals surface area contributed by atoms with Crippen molar-refractivity contribution in [2.45, 2.75) is 20.0 Å². The Hall–Kier alpha value is -2.60. The number of anilines is 1. The van der Waals surface area contributed by atoms with Crippen LogP contribution >= 0.6 is 15.9 Å². The number of carbonyl (C=O) groups excluding carboxylic acids is 1. The summed E-state index contributed by atoms with van der Waals surface area (Å²) in [6.45, 7) is 3.88. The highest BCUT2D eigenvalue weighted by atomic mass is 79.9. The third-order valence-electron chi connectivity index (χ3n) is 3.13. The largest absolute Gasteiger partial charge is 0.491 e. The van der Waals surface area contributed by atoms with E-state index in [1.807, 2.05) is 38.1 Å². The topological polar surface area (TPSA) is 75.6 Å². The average Bonchev–Trinajstić information content (AvgIpc) is 2.54. The molecule has 0 radical (unpaired) electrons. The van der Waals surface area contributed by atoms with E-state index in [0.29, 0.717) is 4.47 Å².